The number of halogens is 5. The zero-order valence-electron chi connectivity index (χ0n) is 13.5. The van der Waals surface area contributed by atoms with E-state index in [4.69, 9.17) is 0 Å². The van der Waals surface area contributed by atoms with E-state index in [0.717, 1.165) is 6.07 Å². The summed E-state index contributed by atoms with van der Waals surface area (Å²) in [7, 11) is 0. The van der Waals surface area contributed by atoms with Crippen LogP contribution in [0.15, 0.2) is 36.7 Å². The van der Waals surface area contributed by atoms with Crippen LogP contribution < -0.4 is 11.1 Å². The van der Waals surface area contributed by atoms with Gasteiger partial charge in [0.15, 0.2) is 0 Å². The van der Waals surface area contributed by atoms with E-state index in [0.29, 0.717) is 12.1 Å². The number of nitrogens with zero attached hydrogens (tertiary/aromatic N) is 2. The van der Waals surface area contributed by atoms with Crippen molar-refractivity contribution in [3.05, 3.63) is 85.5 Å². The second-order valence-corrected chi connectivity index (χ2v) is 6.73. The van der Waals surface area contributed by atoms with Crippen molar-refractivity contribution >= 4 is 54.3 Å². The quantitative estimate of drug-likeness (QED) is 0.218. The minimum atomic E-state index is -1.06. The fourth-order valence-corrected chi connectivity index (χ4v) is 2.78. The summed E-state index contributed by atoms with van der Waals surface area (Å²) < 4.78 is 38.1. The van der Waals surface area contributed by atoms with Gasteiger partial charge in [0.2, 0.25) is 5.82 Å². The molecule has 3 aromatic rings. The molecule has 10 nitrogen and oxygen atoms in total. The average molecular weight is 542 g/mol. The molecule has 0 atom stereocenters. The van der Waals surface area contributed by atoms with E-state index in [9.17, 15) is 43.0 Å². The van der Waals surface area contributed by atoms with Crippen LogP contribution in [0.3, 0.4) is 0 Å². The number of aromatic nitrogens is 2. The zero-order chi connectivity index (χ0) is 22.0. The molecule has 152 valence electrons. The van der Waals surface area contributed by atoms with Crippen molar-refractivity contribution in [2.45, 2.75) is 0 Å². The Bertz CT molecular complexity index is 1280. The van der Waals surface area contributed by atoms with E-state index in [1.807, 2.05) is 4.98 Å². The number of nitro groups is 2. The minimum Gasteiger partial charge on any atom is -0.316 e. The lowest BCUT2D eigenvalue weighted by atomic mass is 10.2. The van der Waals surface area contributed by atoms with E-state index in [-0.39, 0.29) is 15.5 Å². The third kappa shape index (κ3) is 4.68. The molecule has 0 saturated carbocycles. The summed E-state index contributed by atoms with van der Waals surface area (Å²) in [5, 5.41) is 20.8. The molecule has 0 fully saturated rings. The predicted molar refractivity (Wildman–Crippen MR) is 100 cm³/mol. The van der Waals surface area contributed by atoms with Crippen LogP contribution in [0.5, 0.6) is 0 Å². The van der Waals surface area contributed by atoms with Crippen LogP contribution in [0.1, 0.15) is 0 Å². The van der Waals surface area contributed by atoms with Gasteiger partial charge in [0, 0.05) is 6.07 Å². The average Bonchev–Trinajstić information content (AvgIpc) is 2.61. The SMILES string of the molecule is O=[N+]([O-])c1cc(F)c(Br)cc1F.O=c1[nH]c2cc(F)c(Br)c([N+](=O)[O-])c2[nH]c1=O. The normalized spacial score (nSPS) is 10.4. The summed E-state index contributed by atoms with van der Waals surface area (Å²) in [5.74, 6) is -2.83. The van der Waals surface area contributed by atoms with E-state index < -0.39 is 54.3 Å². The van der Waals surface area contributed by atoms with E-state index >= 15 is 0 Å². The van der Waals surface area contributed by atoms with Crippen LogP contribution in [-0.2, 0) is 0 Å². The highest BCUT2D eigenvalue weighted by atomic mass is 79.9. The van der Waals surface area contributed by atoms with Crippen LogP contribution in [0.4, 0.5) is 24.5 Å². The molecule has 1 heterocycles. The highest BCUT2D eigenvalue weighted by Crippen LogP contribution is 2.32. The molecule has 0 unspecified atom stereocenters. The largest absolute Gasteiger partial charge is 0.316 e. The third-order valence-electron chi connectivity index (χ3n) is 3.26. The Labute approximate surface area is 172 Å². The molecule has 0 amide bonds. The second kappa shape index (κ2) is 8.52. The standard InChI is InChI=1S/C8H3BrFN3O4.C6H2BrF2NO2/c9-4-2(10)1-3-5(6(4)13(16)17)12-8(15)7(14)11-3;7-3-1-5(9)6(10(11)12)2-4(3)8/h1H,(H,11,14)(H,12,15);1-2H. The fourth-order valence-electron chi connectivity index (χ4n) is 2.01. The number of hydrogen-bond acceptors (Lipinski definition) is 6. The van der Waals surface area contributed by atoms with Crippen molar-refractivity contribution < 1.29 is 23.0 Å². The van der Waals surface area contributed by atoms with Gasteiger partial charge in [0.25, 0.3) is 0 Å². The predicted octanol–water partition coefficient (Wildman–Crippen LogP) is 3.66. The van der Waals surface area contributed by atoms with Crippen LogP contribution >= 0.6 is 31.9 Å². The Morgan fingerprint density at radius 1 is 0.828 bits per heavy atom. The first kappa shape index (κ1) is 22.2. The molecule has 0 bridgehead atoms. The number of aromatic amines is 2. The van der Waals surface area contributed by atoms with Crippen molar-refractivity contribution in [1.29, 1.82) is 0 Å². The molecule has 0 aliphatic carbocycles. The molecule has 0 saturated heterocycles. The number of rotatable bonds is 2. The number of fused-ring (bicyclic) bond motifs is 1. The summed E-state index contributed by atoms with van der Waals surface area (Å²) in [6.07, 6.45) is 0. The van der Waals surface area contributed by atoms with Crippen LogP contribution in [0.25, 0.3) is 11.0 Å². The van der Waals surface area contributed by atoms with Gasteiger partial charge in [-0.1, -0.05) is 0 Å². The molecule has 2 N–H and O–H groups in total. The maximum Gasteiger partial charge on any atom is 0.314 e. The number of nitro benzene ring substituents is 2. The van der Waals surface area contributed by atoms with Crippen LogP contribution in [0.2, 0.25) is 0 Å². The van der Waals surface area contributed by atoms with E-state index in [1.165, 1.54) is 0 Å². The fraction of sp³-hybridized carbons (Fsp3) is 0. The summed E-state index contributed by atoms with van der Waals surface area (Å²) >= 11 is 5.41. The first-order valence-corrected chi connectivity index (χ1v) is 8.60. The second-order valence-electron chi connectivity index (χ2n) is 5.08. The first-order chi connectivity index (χ1) is 13.4. The Hall–Kier alpha value is -3.07. The molecule has 0 radical (unpaired) electrons. The molecule has 2 aromatic carbocycles. The van der Waals surface area contributed by atoms with Gasteiger partial charge in [-0.25, -0.2) is 8.78 Å². The van der Waals surface area contributed by atoms with Gasteiger partial charge in [-0.2, -0.15) is 4.39 Å². The lowest BCUT2D eigenvalue weighted by molar-refractivity contribution is -0.387. The molecular formula is C14H5Br2F3N4O6. The Morgan fingerprint density at radius 2 is 1.41 bits per heavy atom. The Balaban J connectivity index is 0.000000221. The van der Waals surface area contributed by atoms with Crippen molar-refractivity contribution in [3.63, 3.8) is 0 Å². The monoisotopic (exact) mass is 540 g/mol. The number of hydrogen-bond donors (Lipinski definition) is 2. The summed E-state index contributed by atoms with van der Waals surface area (Å²) in [6.45, 7) is 0. The maximum atomic E-state index is 13.3. The zero-order valence-corrected chi connectivity index (χ0v) is 16.6. The first-order valence-electron chi connectivity index (χ1n) is 7.01. The van der Waals surface area contributed by atoms with Crippen molar-refractivity contribution in [3.8, 4) is 0 Å². The van der Waals surface area contributed by atoms with E-state index in [2.05, 4.69) is 36.8 Å². The van der Waals surface area contributed by atoms with Crippen molar-refractivity contribution in [2.75, 3.05) is 0 Å². The summed E-state index contributed by atoms with van der Waals surface area (Å²) in [6, 6.07) is 2.12. The van der Waals surface area contributed by atoms with Gasteiger partial charge in [-0.3, -0.25) is 29.8 Å². The molecule has 15 heteroatoms. The van der Waals surface area contributed by atoms with Crippen LogP contribution in [0, 0.1) is 37.7 Å². The van der Waals surface area contributed by atoms with Gasteiger partial charge < -0.3 is 9.97 Å². The smallest absolute Gasteiger partial charge is 0.314 e. The molecule has 3 rings (SSSR count). The van der Waals surface area contributed by atoms with Crippen molar-refractivity contribution in [2.24, 2.45) is 0 Å². The molecular weight excluding hydrogens is 537 g/mol. The highest BCUT2D eigenvalue weighted by Gasteiger charge is 2.23. The number of nitrogens with one attached hydrogen (secondary N) is 2. The maximum absolute atomic E-state index is 13.3. The Morgan fingerprint density at radius 3 is 1.97 bits per heavy atom. The highest BCUT2D eigenvalue weighted by molar-refractivity contribution is 9.10. The molecule has 0 spiro atoms. The van der Waals surface area contributed by atoms with Crippen LogP contribution in [-0.4, -0.2) is 19.8 Å². The lowest BCUT2D eigenvalue weighted by Gasteiger charge is -2.02. The van der Waals surface area contributed by atoms with Gasteiger partial charge >= 0.3 is 22.5 Å². The Kier molecular flexibility index (Phi) is 6.53. The number of H-pyrrole nitrogens is 2. The van der Waals surface area contributed by atoms with Crippen molar-refractivity contribution in [1.82, 2.24) is 9.97 Å². The number of benzene rings is 2. The topological polar surface area (TPSA) is 152 Å². The molecule has 1 aromatic heterocycles. The molecule has 0 aliphatic rings. The minimum absolute atomic E-state index is 0.134. The van der Waals surface area contributed by atoms with Gasteiger partial charge in [-0.15, -0.1) is 0 Å². The van der Waals surface area contributed by atoms with Gasteiger partial charge in [-0.05, 0) is 37.9 Å². The summed E-state index contributed by atoms with van der Waals surface area (Å²) in [5.41, 5.74) is -3.95. The lowest BCUT2D eigenvalue weighted by Crippen LogP contribution is -2.29. The van der Waals surface area contributed by atoms with Gasteiger partial charge in [0.1, 0.15) is 21.6 Å². The molecule has 0 aliphatic heterocycles. The van der Waals surface area contributed by atoms with Gasteiger partial charge in [0.05, 0.1) is 25.9 Å². The molecule has 29 heavy (non-hydrogen) atoms. The van der Waals surface area contributed by atoms with E-state index in [1.54, 1.807) is 0 Å². The third-order valence-corrected chi connectivity index (χ3v) is 4.62. The summed E-state index contributed by atoms with van der Waals surface area (Å²) in [4.78, 5) is 45.2.